The van der Waals surface area contributed by atoms with Gasteiger partial charge in [-0.1, -0.05) is 36.2 Å². The maximum Gasteiger partial charge on any atom is 0.255 e. The first-order chi connectivity index (χ1) is 14.6. The molecule has 154 valence electrons. The molecule has 30 heavy (non-hydrogen) atoms. The standard InChI is InChI=1S/C25H26ClN3O/c1-17-10-11-19(15-22(17)18-7-4-8-21(26)14-18)25(30)29-23-9-5-13-28-24(23)20-6-2-3-12-27-16-20/h4-5,7-11,13-15,20,27H,2-3,6,12,16H2,1H3,(H,29,30). The molecular formula is C25H26ClN3O. The van der Waals surface area contributed by atoms with Crippen LogP contribution >= 0.6 is 11.6 Å². The van der Waals surface area contributed by atoms with Crippen molar-refractivity contribution in [1.82, 2.24) is 10.3 Å². The van der Waals surface area contributed by atoms with Crippen LogP contribution in [0.4, 0.5) is 5.69 Å². The van der Waals surface area contributed by atoms with Gasteiger partial charge in [0, 0.05) is 29.2 Å². The quantitative estimate of drug-likeness (QED) is 0.560. The van der Waals surface area contributed by atoms with Crippen molar-refractivity contribution in [3.63, 3.8) is 0 Å². The van der Waals surface area contributed by atoms with Crippen LogP contribution in [0, 0.1) is 6.92 Å². The van der Waals surface area contributed by atoms with Crippen molar-refractivity contribution in [3.05, 3.63) is 82.6 Å². The molecule has 4 rings (SSSR count). The lowest BCUT2D eigenvalue weighted by atomic mass is 9.96. The highest BCUT2D eigenvalue weighted by Crippen LogP contribution is 2.29. The molecule has 1 atom stereocenters. The fraction of sp³-hybridized carbons (Fsp3) is 0.280. The number of halogens is 1. The summed E-state index contributed by atoms with van der Waals surface area (Å²) < 4.78 is 0. The number of carbonyl (C=O) groups is 1. The average Bonchev–Trinajstić information content (AvgIpc) is 3.04. The van der Waals surface area contributed by atoms with Gasteiger partial charge in [-0.05, 0) is 79.4 Å². The fourth-order valence-electron chi connectivity index (χ4n) is 4.03. The molecule has 1 fully saturated rings. The molecule has 2 N–H and O–H groups in total. The van der Waals surface area contributed by atoms with Gasteiger partial charge in [0.05, 0.1) is 11.4 Å². The third kappa shape index (κ3) is 4.72. The monoisotopic (exact) mass is 419 g/mol. The molecular weight excluding hydrogens is 394 g/mol. The Labute approximate surface area is 182 Å². The molecule has 1 aliphatic rings. The Kier molecular flexibility index (Phi) is 6.46. The summed E-state index contributed by atoms with van der Waals surface area (Å²) in [5.74, 6) is 0.179. The van der Waals surface area contributed by atoms with Gasteiger partial charge in [-0.3, -0.25) is 9.78 Å². The second kappa shape index (κ2) is 9.41. The minimum Gasteiger partial charge on any atom is -0.320 e. The zero-order chi connectivity index (χ0) is 20.9. The number of hydrogen-bond donors (Lipinski definition) is 2. The number of nitrogens with zero attached hydrogens (tertiary/aromatic N) is 1. The molecule has 1 aromatic heterocycles. The van der Waals surface area contributed by atoms with E-state index in [4.69, 9.17) is 11.6 Å². The number of anilines is 1. The van der Waals surface area contributed by atoms with Gasteiger partial charge in [0.2, 0.25) is 0 Å². The topological polar surface area (TPSA) is 54.0 Å². The van der Waals surface area contributed by atoms with Crippen LogP contribution in [0.5, 0.6) is 0 Å². The number of hydrogen-bond acceptors (Lipinski definition) is 3. The van der Waals surface area contributed by atoms with E-state index in [1.165, 1.54) is 12.8 Å². The minimum atomic E-state index is -0.130. The van der Waals surface area contributed by atoms with Crippen molar-refractivity contribution in [2.24, 2.45) is 0 Å². The fourth-order valence-corrected chi connectivity index (χ4v) is 4.22. The van der Waals surface area contributed by atoms with Crippen LogP contribution in [0.25, 0.3) is 11.1 Å². The van der Waals surface area contributed by atoms with Crippen LogP contribution in [0.1, 0.15) is 46.8 Å². The highest BCUT2D eigenvalue weighted by Gasteiger charge is 2.20. The number of pyridine rings is 1. The van der Waals surface area contributed by atoms with Crippen molar-refractivity contribution in [1.29, 1.82) is 0 Å². The van der Waals surface area contributed by atoms with E-state index >= 15 is 0 Å². The number of nitrogens with one attached hydrogen (secondary N) is 2. The van der Waals surface area contributed by atoms with E-state index in [0.29, 0.717) is 16.5 Å². The number of benzene rings is 2. The normalized spacial score (nSPS) is 16.7. The summed E-state index contributed by atoms with van der Waals surface area (Å²) in [4.78, 5) is 17.7. The highest BCUT2D eigenvalue weighted by molar-refractivity contribution is 6.30. The Balaban J connectivity index is 1.60. The van der Waals surface area contributed by atoms with Crippen LogP contribution in [-0.2, 0) is 0 Å². The van der Waals surface area contributed by atoms with E-state index in [0.717, 1.165) is 47.6 Å². The van der Waals surface area contributed by atoms with Crippen LogP contribution in [0.2, 0.25) is 5.02 Å². The molecule has 3 aromatic rings. The third-order valence-corrected chi connectivity index (χ3v) is 5.89. The zero-order valence-corrected chi connectivity index (χ0v) is 17.9. The van der Waals surface area contributed by atoms with Crippen LogP contribution in [0.15, 0.2) is 60.8 Å². The molecule has 0 radical (unpaired) electrons. The number of rotatable bonds is 4. The molecule has 0 spiro atoms. The van der Waals surface area contributed by atoms with Gasteiger partial charge in [0.25, 0.3) is 5.91 Å². The Morgan fingerprint density at radius 2 is 2.03 bits per heavy atom. The lowest BCUT2D eigenvalue weighted by molar-refractivity contribution is 0.102. The van der Waals surface area contributed by atoms with E-state index in [2.05, 4.69) is 15.6 Å². The molecule has 1 saturated heterocycles. The summed E-state index contributed by atoms with van der Waals surface area (Å²) in [5, 5.41) is 7.26. The van der Waals surface area contributed by atoms with Crippen LogP contribution < -0.4 is 10.6 Å². The molecule has 0 bridgehead atoms. The van der Waals surface area contributed by atoms with Gasteiger partial charge in [0.15, 0.2) is 0 Å². The summed E-state index contributed by atoms with van der Waals surface area (Å²) >= 11 is 6.17. The lowest BCUT2D eigenvalue weighted by Crippen LogP contribution is -2.22. The first-order valence-electron chi connectivity index (χ1n) is 10.5. The molecule has 0 saturated carbocycles. The number of carbonyl (C=O) groups excluding carboxylic acids is 1. The first-order valence-corrected chi connectivity index (χ1v) is 10.8. The summed E-state index contributed by atoms with van der Waals surface area (Å²) in [7, 11) is 0. The summed E-state index contributed by atoms with van der Waals surface area (Å²) in [6, 6.07) is 17.3. The maximum absolute atomic E-state index is 13.1. The lowest BCUT2D eigenvalue weighted by Gasteiger charge is -2.18. The number of aromatic nitrogens is 1. The second-order valence-corrected chi connectivity index (χ2v) is 8.26. The maximum atomic E-state index is 13.1. The summed E-state index contributed by atoms with van der Waals surface area (Å²) in [6.45, 7) is 3.97. The van der Waals surface area contributed by atoms with Crippen molar-refractivity contribution in [3.8, 4) is 11.1 Å². The predicted molar refractivity (Wildman–Crippen MR) is 123 cm³/mol. The van der Waals surface area contributed by atoms with E-state index < -0.39 is 0 Å². The smallest absolute Gasteiger partial charge is 0.255 e. The van der Waals surface area contributed by atoms with Crippen molar-refractivity contribution >= 4 is 23.2 Å². The van der Waals surface area contributed by atoms with Crippen LogP contribution in [0.3, 0.4) is 0 Å². The predicted octanol–water partition coefficient (Wildman–Crippen LogP) is 5.82. The minimum absolute atomic E-state index is 0.130. The summed E-state index contributed by atoms with van der Waals surface area (Å²) in [5.41, 5.74) is 5.47. The van der Waals surface area contributed by atoms with Crippen molar-refractivity contribution in [2.75, 3.05) is 18.4 Å². The van der Waals surface area contributed by atoms with Gasteiger partial charge in [-0.25, -0.2) is 0 Å². The third-order valence-electron chi connectivity index (χ3n) is 5.66. The van der Waals surface area contributed by atoms with Crippen LogP contribution in [-0.4, -0.2) is 24.0 Å². The Morgan fingerprint density at radius 1 is 1.13 bits per heavy atom. The molecule has 1 amide bonds. The molecule has 2 heterocycles. The van der Waals surface area contributed by atoms with E-state index in [-0.39, 0.29) is 5.91 Å². The number of aryl methyl sites for hydroxylation is 1. The van der Waals surface area contributed by atoms with Crippen molar-refractivity contribution in [2.45, 2.75) is 32.1 Å². The Bertz CT molecular complexity index is 1040. The van der Waals surface area contributed by atoms with Gasteiger partial charge in [-0.2, -0.15) is 0 Å². The summed E-state index contributed by atoms with van der Waals surface area (Å²) in [6.07, 6.45) is 5.23. The number of amides is 1. The second-order valence-electron chi connectivity index (χ2n) is 7.83. The molecule has 5 heteroatoms. The SMILES string of the molecule is Cc1ccc(C(=O)Nc2cccnc2C2CCCCNC2)cc1-c1cccc(Cl)c1. The molecule has 4 nitrogen and oxygen atoms in total. The Morgan fingerprint density at radius 3 is 2.90 bits per heavy atom. The van der Waals surface area contributed by atoms with E-state index in [1.54, 1.807) is 6.20 Å². The highest BCUT2D eigenvalue weighted by atomic mass is 35.5. The van der Waals surface area contributed by atoms with E-state index in [1.807, 2.05) is 61.5 Å². The zero-order valence-electron chi connectivity index (χ0n) is 17.1. The van der Waals surface area contributed by atoms with Crippen molar-refractivity contribution < 1.29 is 4.79 Å². The first kappa shape index (κ1) is 20.6. The largest absolute Gasteiger partial charge is 0.320 e. The average molecular weight is 420 g/mol. The molecule has 2 aromatic carbocycles. The van der Waals surface area contributed by atoms with Gasteiger partial charge in [-0.15, -0.1) is 0 Å². The Hall–Kier alpha value is -2.69. The van der Waals surface area contributed by atoms with Gasteiger partial charge >= 0.3 is 0 Å². The van der Waals surface area contributed by atoms with Gasteiger partial charge < -0.3 is 10.6 Å². The van der Waals surface area contributed by atoms with E-state index in [9.17, 15) is 4.79 Å². The van der Waals surface area contributed by atoms with Gasteiger partial charge in [0.1, 0.15) is 0 Å². The molecule has 0 aliphatic carbocycles. The molecule has 1 unspecified atom stereocenters. The molecule has 1 aliphatic heterocycles.